The zero-order chi connectivity index (χ0) is 12.1. The number of benzene rings is 1. The summed E-state index contributed by atoms with van der Waals surface area (Å²) >= 11 is 0. The number of rotatable bonds is 5. The second-order valence-corrected chi connectivity index (χ2v) is 5.10. The molecule has 1 aromatic rings. The minimum absolute atomic E-state index is 0.0738. The summed E-state index contributed by atoms with van der Waals surface area (Å²) in [7, 11) is 0. The van der Waals surface area contributed by atoms with Crippen molar-refractivity contribution in [3.63, 3.8) is 0 Å². The maximum atomic E-state index is 9.63. The number of phenols is 1. The van der Waals surface area contributed by atoms with Gasteiger partial charge in [-0.3, -0.25) is 0 Å². The van der Waals surface area contributed by atoms with Gasteiger partial charge in [-0.1, -0.05) is 31.0 Å². The summed E-state index contributed by atoms with van der Waals surface area (Å²) < 4.78 is 0. The first kappa shape index (κ1) is 12.4. The molecule has 0 aliphatic heterocycles. The maximum absolute atomic E-state index is 9.63. The zero-order valence-electron chi connectivity index (χ0n) is 10.2. The number of phenolic OH excluding ortho intramolecular Hbond substituents is 1. The number of aliphatic hydroxyl groups excluding tert-OH is 1. The molecule has 1 saturated carbocycles. The van der Waals surface area contributed by atoms with E-state index in [1.54, 1.807) is 6.07 Å². The lowest BCUT2D eigenvalue weighted by atomic mass is 9.87. The highest BCUT2D eigenvalue weighted by Crippen LogP contribution is 2.36. The van der Waals surface area contributed by atoms with E-state index in [-0.39, 0.29) is 12.0 Å². The third kappa shape index (κ3) is 2.99. The highest BCUT2D eigenvalue weighted by molar-refractivity contribution is 5.31. The second kappa shape index (κ2) is 5.52. The first-order valence-electron chi connectivity index (χ1n) is 6.34. The van der Waals surface area contributed by atoms with E-state index in [1.165, 1.54) is 12.8 Å². The molecular formula is C14H21NO2. The van der Waals surface area contributed by atoms with Crippen LogP contribution >= 0.6 is 0 Å². The SMILES string of the molecule is OCC1(CNCc2ccccc2O)CCCC1. The second-order valence-electron chi connectivity index (χ2n) is 5.10. The molecule has 1 aliphatic carbocycles. The van der Waals surface area contributed by atoms with E-state index in [9.17, 15) is 10.2 Å². The fourth-order valence-corrected chi connectivity index (χ4v) is 2.64. The van der Waals surface area contributed by atoms with Gasteiger partial charge in [0.15, 0.2) is 0 Å². The fraction of sp³-hybridized carbons (Fsp3) is 0.571. The van der Waals surface area contributed by atoms with E-state index < -0.39 is 0 Å². The van der Waals surface area contributed by atoms with Crippen LogP contribution in [-0.4, -0.2) is 23.4 Å². The third-order valence-corrected chi connectivity index (χ3v) is 3.81. The quantitative estimate of drug-likeness (QED) is 0.732. The molecule has 0 unspecified atom stereocenters. The van der Waals surface area contributed by atoms with E-state index in [0.29, 0.717) is 12.3 Å². The number of aliphatic hydroxyl groups is 1. The molecular weight excluding hydrogens is 214 g/mol. The number of hydrogen-bond acceptors (Lipinski definition) is 3. The lowest BCUT2D eigenvalue weighted by molar-refractivity contribution is 0.128. The summed E-state index contributed by atoms with van der Waals surface area (Å²) in [5, 5.41) is 22.5. The van der Waals surface area contributed by atoms with Gasteiger partial charge in [-0.25, -0.2) is 0 Å². The monoisotopic (exact) mass is 235 g/mol. The van der Waals surface area contributed by atoms with E-state index in [4.69, 9.17) is 0 Å². The van der Waals surface area contributed by atoms with Crippen LogP contribution in [0.3, 0.4) is 0 Å². The predicted octanol–water partition coefficient (Wildman–Crippen LogP) is 2.03. The van der Waals surface area contributed by atoms with E-state index >= 15 is 0 Å². The molecule has 1 aliphatic rings. The van der Waals surface area contributed by atoms with Gasteiger partial charge >= 0.3 is 0 Å². The van der Waals surface area contributed by atoms with Crippen molar-refractivity contribution in [2.24, 2.45) is 5.41 Å². The number of nitrogens with one attached hydrogen (secondary N) is 1. The summed E-state index contributed by atoms with van der Waals surface area (Å²) in [6.45, 7) is 1.76. The highest BCUT2D eigenvalue weighted by atomic mass is 16.3. The summed E-state index contributed by atoms with van der Waals surface area (Å²) in [5.41, 5.74) is 0.989. The summed E-state index contributed by atoms with van der Waals surface area (Å²) in [6, 6.07) is 7.37. The number of hydrogen-bond donors (Lipinski definition) is 3. The van der Waals surface area contributed by atoms with Crippen molar-refractivity contribution in [2.75, 3.05) is 13.2 Å². The van der Waals surface area contributed by atoms with E-state index in [1.807, 2.05) is 18.2 Å². The van der Waals surface area contributed by atoms with Crippen LogP contribution in [0.25, 0.3) is 0 Å². The smallest absolute Gasteiger partial charge is 0.120 e. The Kier molecular flexibility index (Phi) is 4.02. The molecule has 0 saturated heterocycles. The van der Waals surface area contributed by atoms with Crippen LogP contribution in [0.2, 0.25) is 0 Å². The van der Waals surface area contributed by atoms with Gasteiger partial charge in [0.05, 0.1) is 0 Å². The Labute approximate surface area is 102 Å². The normalized spacial score (nSPS) is 18.4. The maximum Gasteiger partial charge on any atom is 0.120 e. The average molecular weight is 235 g/mol. The Balaban J connectivity index is 1.85. The van der Waals surface area contributed by atoms with Crippen molar-refractivity contribution < 1.29 is 10.2 Å². The van der Waals surface area contributed by atoms with Gasteiger partial charge in [0.25, 0.3) is 0 Å². The van der Waals surface area contributed by atoms with Gasteiger partial charge in [-0.2, -0.15) is 0 Å². The van der Waals surface area contributed by atoms with Gasteiger partial charge < -0.3 is 15.5 Å². The van der Waals surface area contributed by atoms with Crippen LogP contribution in [0, 0.1) is 5.41 Å². The minimum Gasteiger partial charge on any atom is -0.508 e. The van der Waals surface area contributed by atoms with Crippen molar-refractivity contribution in [1.82, 2.24) is 5.32 Å². The molecule has 0 spiro atoms. The molecule has 1 aromatic carbocycles. The molecule has 0 atom stereocenters. The van der Waals surface area contributed by atoms with Crippen molar-refractivity contribution in [3.8, 4) is 5.75 Å². The molecule has 2 rings (SSSR count). The summed E-state index contributed by atoms with van der Waals surface area (Å²) in [4.78, 5) is 0. The lowest BCUT2D eigenvalue weighted by Crippen LogP contribution is -2.34. The molecule has 3 N–H and O–H groups in total. The minimum atomic E-state index is 0.0738. The van der Waals surface area contributed by atoms with Crippen LogP contribution in [0.4, 0.5) is 0 Å². The number of para-hydroxylation sites is 1. The first-order chi connectivity index (χ1) is 8.26. The third-order valence-electron chi connectivity index (χ3n) is 3.81. The van der Waals surface area contributed by atoms with Crippen molar-refractivity contribution in [1.29, 1.82) is 0 Å². The van der Waals surface area contributed by atoms with Gasteiger partial charge in [0.1, 0.15) is 5.75 Å². The molecule has 1 fully saturated rings. The lowest BCUT2D eigenvalue weighted by Gasteiger charge is -2.26. The van der Waals surface area contributed by atoms with Crippen LogP contribution in [0.5, 0.6) is 5.75 Å². The Morgan fingerprint density at radius 2 is 1.88 bits per heavy atom. The first-order valence-corrected chi connectivity index (χ1v) is 6.34. The Hall–Kier alpha value is -1.06. The standard InChI is InChI=1S/C14H21NO2/c16-11-14(7-3-4-8-14)10-15-9-12-5-1-2-6-13(12)17/h1-2,5-6,15-17H,3-4,7-11H2. The van der Waals surface area contributed by atoms with Gasteiger partial charge in [-0.15, -0.1) is 0 Å². The van der Waals surface area contributed by atoms with Crippen LogP contribution in [0.1, 0.15) is 31.2 Å². The average Bonchev–Trinajstić information content (AvgIpc) is 2.81. The Morgan fingerprint density at radius 3 is 2.53 bits per heavy atom. The highest BCUT2D eigenvalue weighted by Gasteiger charge is 2.32. The molecule has 3 nitrogen and oxygen atoms in total. The molecule has 0 bridgehead atoms. The Morgan fingerprint density at radius 1 is 1.18 bits per heavy atom. The zero-order valence-corrected chi connectivity index (χ0v) is 10.2. The largest absolute Gasteiger partial charge is 0.508 e. The van der Waals surface area contributed by atoms with Crippen molar-refractivity contribution in [3.05, 3.63) is 29.8 Å². The van der Waals surface area contributed by atoms with Crippen molar-refractivity contribution >= 4 is 0 Å². The van der Waals surface area contributed by atoms with Gasteiger partial charge in [-0.05, 0) is 18.9 Å². The van der Waals surface area contributed by atoms with Crippen molar-refractivity contribution in [2.45, 2.75) is 32.2 Å². The summed E-state index contributed by atoms with van der Waals surface area (Å²) in [5.74, 6) is 0.337. The Bertz CT molecular complexity index is 359. The molecule has 0 aromatic heterocycles. The summed E-state index contributed by atoms with van der Waals surface area (Å²) in [6.07, 6.45) is 4.66. The molecule has 94 valence electrons. The van der Waals surface area contributed by atoms with Crippen LogP contribution in [0.15, 0.2) is 24.3 Å². The molecule has 0 amide bonds. The predicted molar refractivity (Wildman–Crippen MR) is 67.8 cm³/mol. The van der Waals surface area contributed by atoms with Gasteiger partial charge in [0.2, 0.25) is 0 Å². The fourth-order valence-electron chi connectivity index (χ4n) is 2.64. The molecule has 17 heavy (non-hydrogen) atoms. The van der Waals surface area contributed by atoms with E-state index in [2.05, 4.69) is 5.32 Å². The van der Waals surface area contributed by atoms with Crippen LogP contribution in [-0.2, 0) is 6.54 Å². The van der Waals surface area contributed by atoms with Gasteiger partial charge in [0, 0.05) is 30.7 Å². The van der Waals surface area contributed by atoms with Crippen LogP contribution < -0.4 is 5.32 Å². The number of aromatic hydroxyl groups is 1. The van der Waals surface area contributed by atoms with E-state index in [0.717, 1.165) is 24.9 Å². The molecule has 0 radical (unpaired) electrons. The molecule has 0 heterocycles. The molecule has 3 heteroatoms. The topological polar surface area (TPSA) is 52.5 Å².